The van der Waals surface area contributed by atoms with E-state index in [0.29, 0.717) is 28.3 Å². The monoisotopic (exact) mass is 421 g/mol. The third kappa shape index (κ3) is 5.03. The van der Waals surface area contributed by atoms with Crippen LogP contribution in [-0.2, 0) is 0 Å². The van der Waals surface area contributed by atoms with Gasteiger partial charge in [0, 0.05) is 32.1 Å². The maximum atomic E-state index is 13.0. The highest BCUT2D eigenvalue weighted by Gasteiger charge is 2.20. The van der Waals surface area contributed by atoms with Crippen LogP contribution >= 0.6 is 0 Å². The van der Waals surface area contributed by atoms with Crippen LogP contribution in [0.5, 0.6) is 0 Å². The van der Waals surface area contributed by atoms with E-state index in [0.717, 1.165) is 44.8 Å². The smallest absolute Gasteiger partial charge is 0.258 e. The van der Waals surface area contributed by atoms with Crippen molar-refractivity contribution < 1.29 is 4.39 Å². The lowest BCUT2D eigenvalue weighted by atomic mass is 10.1. The second-order valence-corrected chi connectivity index (χ2v) is 7.71. The van der Waals surface area contributed by atoms with Crippen LogP contribution in [0.15, 0.2) is 35.4 Å². The number of piperazine rings is 1. The molecule has 3 aromatic rings. The van der Waals surface area contributed by atoms with Gasteiger partial charge < -0.3 is 15.2 Å². The van der Waals surface area contributed by atoms with E-state index in [1.165, 1.54) is 25.0 Å². The SMILES string of the molecule is N#Cc1cnc(N2CCNCC2)nc1.O=c1[nH]c(C2CCCC2)nc2ccc(F)cc12. The van der Waals surface area contributed by atoms with Crippen LogP contribution in [0.25, 0.3) is 10.9 Å². The van der Waals surface area contributed by atoms with Crippen molar-refractivity contribution in [3.63, 3.8) is 0 Å². The Labute approximate surface area is 179 Å². The highest BCUT2D eigenvalue weighted by Crippen LogP contribution is 2.31. The van der Waals surface area contributed by atoms with Crippen LogP contribution in [-0.4, -0.2) is 46.1 Å². The molecule has 8 nitrogen and oxygen atoms in total. The normalized spacial score (nSPS) is 16.6. The number of hydrogen-bond acceptors (Lipinski definition) is 7. The van der Waals surface area contributed by atoms with Crippen LogP contribution < -0.4 is 15.8 Å². The number of aromatic amines is 1. The Morgan fingerprint density at radius 2 is 1.84 bits per heavy atom. The first kappa shape index (κ1) is 20.9. The fraction of sp³-hybridized carbons (Fsp3) is 0.409. The van der Waals surface area contributed by atoms with Crippen molar-refractivity contribution in [1.29, 1.82) is 5.26 Å². The maximum Gasteiger partial charge on any atom is 0.258 e. The topological polar surface area (TPSA) is 111 Å². The summed E-state index contributed by atoms with van der Waals surface area (Å²) >= 11 is 0. The van der Waals surface area contributed by atoms with Gasteiger partial charge in [0.05, 0.1) is 28.9 Å². The van der Waals surface area contributed by atoms with Gasteiger partial charge in [-0.05, 0) is 31.0 Å². The predicted octanol–water partition coefficient (Wildman–Crippen LogP) is 2.48. The van der Waals surface area contributed by atoms with Crippen molar-refractivity contribution in [3.05, 3.63) is 58.2 Å². The molecule has 3 heterocycles. The zero-order chi connectivity index (χ0) is 21.6. The molecule has 1 saturated heterocycles. The van der Waals surface area contributed by atoms with Gasteiger partial charge in [-0.3, -0.25) is 4.79 Å². The molecule has 2 N–H and O–H groups in total. The molecule has 1 aliphatic carbocycles. The molecule has 5 rings (SSSR count). The standard InChI is InChI=1S/C13H13FN2O.C9H11N5/c14-9-5-6-11-10(7-9)13(17)16-12(15-11)8-3-1-2-4-8;10-5-8-6-12-9(13-7-8)14-3-1-11-2-4-14/h5-8H,1-4H2,(H,15,16,17);6-7,11H,1-4H2. The number of benzene rings is 1. The molecule has 0 spiro atoms. The Balaban J connectivity index is 0.000000152. The highest BCUT2D eigenvalue weighted by molar-refractivity contribution is 5.77. The van der Waals surface area contributed by atoms with Crippen LogP contribution in [0, 0.1) is 17.1 Å². The summed E-state index contributed by atoms with van der Waals surface area (Å²) in [5, 5.41) is 12.2. The van der Waals surface area contributed by atoms with Gasteiger partial charge in [-0.25, -0.2) is 19.3 Å². The number of hydrogen-bond donors (Lipinski definition) is 2. The fourth-order valence-electron chi connectivity index (χ4n) is 3.93. The van der Waals surface area contributed by atoms with Crippen LogP contribution in [0.2, 0.25) is 0 Å². The Morgan fingerprint density at radius 3 is 2.52 bits per heavy atom. The minimum Gasteiger partial charge on any atom is -0.338 e. The molecule has 2 fully saturated rings. The quantitative estimate of drug-likeness (QED) is 0.654. The molecule has 1 saturated carbocycles. The van der Waals surface area contributed by atoms with Gasteiger partial charge in [-0.1, -0.05) is 12.8 Å². The molecule has 0 atom stereocenters. The third-order valence-electron chi connectivity index (χ3n) is 5.59. The summed E-state index contributed by atoms with van der Waals surface area (Å²) in [5.41, 5.74) is 0.845. The molecule has 31 heavy (non-hydrogen) atoms. The molecule has 2 aliphatic rings. The average Bonchev–Trinajstić information content (AvgIpc) is 3.36. The van der Waals surface area contributed by atoms with Crippen molar-refractivity contribution in [2.45, 2.75) is 31.6 Å². The predicted molar refractivity (Wildman–Crippen MR) is 115 cm³/mol. The summed E-state index contributed by atoms with van der Waals surface area (Å²) < 4.78 is 13.0. The first-order chi connectivity index (χ1) is 15.1. The highest BCUT2D eigenvalue weighted by atomic mass is 19.1. The van der Waals surface area contributed by atoms with E-state index in [4.69, 9.17) is 5.26 Å². The number of nitrogens with one attached hydrogen (secondary N) is 2. The van der Waals surface area contributed by atoms with Crippen molar-refractivity contribution >= 4 is 16.9 Å². The van der Waals surface area contributed by atoms with E-state index in [2.05, 4.69) is 30.2 Å². The Hall–Kier alpha value is -3.38. The molecule has 1 aromatic carbocycles. The molecule has 0 unspecified atom stereocenters. The number of H-pyrrole nitrogens is 1. The van der Waals surface area contributed by atoms with Gasteiger partial charge in [0.2, 0.25) is 5.95 Å². The number of fused-ring (bicyclic) bond motifs is 1. The summed E-state index contributed by atoms with van der Waals surface area (Å²) in [6, 6.07) is 6.15. The minimum absolute atomic E-state index is 0.239. The van der Waals surface area contributed by atoms with Crippen LogP contribution in [0.1, 0.15) is 43.0 Å². The molecule has 1 aliphatic heterocycles. The van der Waals surface area contributed by atoms with Gasteiger partial charge in [-0.15, -0.1) is 0 Å². The second-order valence-electron chi connectivity index (χ2n) is 7.71. The molecule has 9 heteroatoms. The van der Waals surface area contributed by atoms with Gasteiger partial charge in [0.15, 0.2) is 0 Å². The van der Waals surface area contributed by atoms with E-state index < -0.39 is 5.82 Å². The largest absolute Gasteiger partial charge is 0.338 e. The summed E-state index contributed by atoms with van der Waals surface area (Å²) in [6.45, 7) is 3.77. The molecular formula is C22H24FN7O. The van der Waals surface area contributed by atoms with Crippen molar-refractivity contribution in [1.82, 2.24) is 25.3 Å². The van der Waals surface area contributed by atoms with E-state index in [-0.39, 0.29) is 5.56 Å². The summed E-state index contributed by atoms with van der Waals surface area (Å²) in [7, 11) is 0. The van der Waals surface area contributed by atoms with E-state index >= 15 is 0 Å². The first-order valence-corrected chi connectivity index (χ1v) is 10.5. The second kappa shape index (κ2) is 9.62. The zero-order valence-corrected chi connectivity index (χ0v) is 17.1. The Bertz CT molecular complexity index is 1130. The van der Waals surface area contributed by atoms with Crippen LogP contribution in [0.4, 0.5) is 10.3 Å². The Morgan fingerprint density at radius 1 is 1.13 bits per heavy atom. The van der Waals surface area contributed by atoms with E-state index in [9.17, 15) is 9.18 Å². The number of nitriles is 1. The summed E-state index contributed by atoms with van der Waals surface area (Å²) in [5.74, 6) is 1.42. The van der Waals surface area contributed by atoms with Crippen molar-refractivity contribution in [3.8, 4) is 6.07 Å². The number of nitrogens with zero attached hydrogens (tertiary/aromatic N) is 5. The molecule has 2 aromatic heterocycles. The van der Waals surface area contributed by atoms with Gasteiger partial charge in [-0.2, -0.15) is 5.26 Å². The molecular weight excluding hydrogens is 397 g/mol. The minimum atomic E-state index is -0.404. The molecule has 0 radical (unpaired) electrons. The number of rotatable bonds is 2. The summed E-state index contributed by atoms with van der Waals surface area (Å²) in [4.78, 5) is 29.5. The van der Waals surface area contributed by atoms with E-state index in [1.54, 1.807) is 18.5 Å². The Kier molecular flexibility index (Phi) is 6.48. The lowest BCUT2D eigenvalue weighted by Crippen LogP contribution is -2.44. The van der Waals surface area contributed by atoms with Crippen molar-refractivity contribution in [2.75, 3.05) is 31.1 Å². The lowest BCUT2D eigenvalue weighted by Gasteiger charge is -2.27. The van der Waals surface area contributed by atoms with Gasteiger partial charge >= 0.3 is 0 Å². The van der Waals surface area contributed by atoms with Gasteiger partial charge in [0.25, 0.3) is 5.56 Å². The molecule has 0 bridgehead atoms. The van der Waals surface area contributed by atoms with Gasteiger partial charge in [0.1, 0.15) is 17.7 Å². The number of anilines is 1. The average molecular weight is 421 g/mol. The fourth-order valence-corrected chi connectivity index (χ4v) is 3.93. The molecule has 0 amide bonds. The first-order valence-electron chi connectivity index (χ1n) is 10.5. The van der Waals surface area contributed by atoms with Crippen molar-refractivity contribution in [2.24, 2.45) is 0 Å². The maximum absolute atomic E-state index is 13.0. The number of halogens is 1. The van der Waals surface area contributed by atoms with Crippen LogP contribution in [0.3, 0.4) is 0 Å². The zero-order valence-electron chi connectivity index (χ0n) is 17.1. The van der Waals surface area contributed by atoms with E-state index in [1.807, 2.05) is 6.07 Å². The lowest BCUT2D eigenvalue weighted by molar-refractivity contribution is 0.579. The number of aromatic nitrogens is 4. The molecule has 160 valence electrons. The summed E-state index contributed by atoms with van der Waals surface area (Å²) in [6.07, 6.45) is 7.66. The third-order valence-corrected chi connectivity index (χ3v) is 5.59.